The first-order valence-corrected chi connectivity index (χ1v) is 26.1. The largest absolute Gasteiger partial charge is 0.472 e. The van der Waals surface area contributed by atoms with Crippen LogP contribution in [0.5, 0.6) is 0 Å². The molecule has 1 amide bonds. The molecule has 1 saturated carbocycles. The lowest BCUT2D eigenvalue weighted by molar-refractivity contribution is -0.220. The summed E-state index contributed by atoms with van der Waals surface area (Å²) >= 11 is 0. The molecule has 1 aliphatic rings. The molecule has 1 rings (SSSR count). The Morgan fingerprint density at radius 2 is 0.833 bits per heavy atom. The maximum atomic E-state index is 13.0. The van der Waals surface area contributed by atoms with Crippen LogP contribution in [0, 0.1) is 0 Å². The standard InChI is InChI=1S/C46H92NO12P/c1-3-5-7-9-11-13-15-17-19-20-22-24-26-28-30-32-34-39(49)38(36-58-60(56,57)59-46-44(54)42(52)41(51)43(53)45(46)55)47-40(50)35-37(48)33-31-29-27-25-23-21-18-16-14-12-10-8-6-4-2/h37-39,41-46,48-49,51-55H,3-36H2,1-2H3,(H,47,50)(H,56,57). The van der Waals surface area contributed by atoms with Gasteiger partial charge in [-0.25, -0.2) is 4.57 Å². The van der Waals surface area contributed by atoms with Crippen molar-refractivity contribution in [2.24, 2.45) is 0 Å². The van der Waals surface area contributed by atoms with Crippen molar-refractivity contribution >= 4 is 13.7 Å². The van der Waals surface area contributed by atoms with Crippen molar-refractivity contribution in [3.63, 3.8) is 0 Å². The van der Waals surface area contributed by atoms with E-state index >= 15 is 0 Å². The van der Waals surface area contributed by atoms with Crippen molar-refractivity contribution in [1.82, 2.24) is 5.32 Å². The Morgan fingerprint density at radius 3 is 1.20 bits per heavy atom. The number of carbonyl (C=O) groups is 1. The fourth-order valence-electron chi connectivity index (χ4n) is 8.19. The molecule has 0 aromatic heterocycles. The molecule has 8 unspecified atom stereocenters. The predicted octanol–water partition coefficient (Wildman–Crippen LogP) is 8.43. The number of amides is 1. The Labute approximate surface area is 364 Å². The first-order chi connectivity index (χ1) is 28.8. The number of hydrogen-bond donors (Lipinski definition) is 9. The van der Waals surface area contributed by atoms with Gasteiger partial charge in [0, 0.05) is 0 Å². The molecule has 8 atom stereocenters. The second-order valence-electron chi connectivity index (χ2n) is 17.9. The summed E-state index contributed by atoms with van der Waals surface area (Å²) in [7, 11) is -5.11. The number of unbranched alkanes of at least 4 members (excludes halogenated alkanes) is 28. The molecule has 0 saturated heterocycles. The van der Waals surface area contributed by atoms with Gasteiger partial charge in [0.1, 0.15) is 36.6 Å². The molecule has 60 heavy (non-hydrogen) atoms. The highest BCUT2D eigenvalue weighted by Crippen LogP contribution is 2.47. The minimum atomic E-state index is -5.11. The Hall–Kier alpha value is -0.700. The van der Waals surface area contributed by atoms with Crippen molar-refractivity contribution < 1.29 is 59.0 Å². The number of phosphoric acid groups is 1. The van der Waals surface area contributed by atoms with E-state index in [1.165, 1.54) is 135 Å². The molecule has 9 N–H and O–H groups in total. The molecule has 0 aromatic rings. The average molecular weight is 882 g/mol. The Kier molecular flexibility index (Phi) is 35.0. The van der Waals surface area contributed by atoms with Gasteiger partial charge in [0.2, 0.25) is 5.91 Å². The van der Waals surface area contributed by atoms with Gasteiger partial charge in [-0.2, -0.15) is 0 Å². The van der Waals surface area contributed by atoms with E-state index in [9.17, 15) is 50.0 Å². The fourth-order valence-corrected chi connectivity index (χ4v) is 9.16. The summed E-state index contributed by atoms with van der Waals surface area (Å²) in [4.78, 5) is 23.5. The van der Waals surface area contributed by atoms with Gasteiger partial charge in [0.25, 0.3) is 0 Å². The van der Waals surface area contributed by atoms with Crippen molar-refractivity contribution in [2.75, 3.05) is 6.61 Å². The van der Waals surface area contributed by atoms with Gasteiger partial charge in [0.15, 0.2) is 0 Å². The SMILES string of the molecule is CCCCCCCCCCCCCCCCCCC(O)C(COP(=O)(O)OC1C(O)C(O)C(O)C(O)C1O)NC(=O)CC(O)CCCCCCCCCCCCCCCC. The van der Waals surface area contributed by atoms with Crippen LogP contribution in [-0.4, -0.2) is 108 Å². The lowest BCUT2D eigenvalue weighted by Gasteiger charge is -2.41. The smallest absolute Gasteiger partial charge is 0.393 e. The van der Waals surface area contributed by atoms with E-state index in [-0.39, 0.29) is 12.8 Å². The van der Waals surface area contributed by atoms with E-state index in [4.69, 9.17) is 9.05 Å². The van der Waals surface area contributed by atoms with E-state index in [1.54, 1.807) is 0 Å². The van der Waals surface area contributed by atoms with Gasteiger partial charge >= 0.3 is 7.82 Å². The van der Waals surface area contributed by atoms with Crippen molar-refractivity contribution in [3.05, 3.63) is 0 Å². The Bertz CT molecular complexity index is 1040. The van der Waals surface area contributed by atoms with Gasteiger partial charge in [-0.1, -0.05) is 206 Å². The number of aliphatic hydroxyl groups is 7. The van der Waals surface area contributed by atoms with Crippen LogP contribution in [0.15, 0.2) is 0 Å². The van der Waals surface area contributed by atoms with Crippen molar-refractivity contribution in [3.8, 4) is 0 Å². The molecular formula is C46H92NO12P. The molecule has 358 valence electrons. The van der Waals surface area contributed by atoms with Gasteiger partial charge in [-0.15, -0.1) is 0 Å². The third-order valence-corrected chi connectivity index (χ3v) is 13.2. The maximum Gasteiger partial charge on any atom is 0.472 e. The number of rotatable bonds is 41. The highest BCUT2D eigenvalue weighted by Gasteiger charge is 2.51. The number of aliphatic hydroxyl groups excluding tert-OH is 7. The second kappa shape index (κ2) is 36.6. The molecule has 0 heterocycles. The summed E-state index contributed by atoms with van der Waals surface area (Å²) < 4.78 is 23.0. The van der Waals surface area contributed by atoms with Crippen LogP contribution in [0.2, 0.25) is 0 Å². The molecule has 14 heteroatoms. The zero-order valence-corrected chi connectivity index (χ0v) is 38.8. The Morgan fingerprint density at radius 1 is 0.517 bits per heavy atom. The van der Waals surface area contributed by atoms with Crippen LogP contribution < -0.4 is 5.32 Å². The van der Waals surface area contributed by atoms with Gasteiger partial charge in [-0.3, -0.25) is 13.8 Å². The van der Waals surface area contributed by atoms with Crippen LogP contribution in [0.25, 0.3) is 0 Å². The minimum absolute atomic E-state index is 0.216. The molecular weight excluding hydrogens is 789 g/mol. The fraction of sp³-hybridized carbons (Fsp3) is 0.978. The molecule has 1 aliphatic carbocycles. The summed E-state index contributed by atoms with van der Waals surface area (Å²) in [5.41, 5.74) is 0. The molecule has 1 fully saturated rings. The molecule has 0 spiro atoms. The highest BCUT2D eigenvalue weighted by atomic mass is 31.2. The molecule has 0 aromatic carbocycles. The number of hydrogen-bond acceptors (Lipinski definition) is 11. The van der Waals surface area contributed by atoms with Crippen LogP contribution in [-0.2, 0) is 18.4 Å². The molecule has 0 radical (unpaired) electrons. The van der Waals surface area contributed by atoms with Crippen LogP contribution in [0.4, 0.5) is 0 Å². The summed E-state index contributed by atoms with van der Waals surface area (Å²) in [6.07, 6.45) is 22.9. The topological polar surface area (TPSA) is 226 Å². The number of carbonyl (C=O) groups excluding carboxylic acids is 1. The van der Waals surface area contributed by atoms with Gasteiger partial charge in [-0.05, 0) is 12.8 Å². The van der Waals surface area contributed by atoms with Gasteiger partial charge < -0.3 is 46.0 Å². The lowest BCUT2D eigenvalue weighted by Crippen LogP contribution is -2.64. The summed E-state index contributed by atoms with van der Waals surface area (Å²) in [6.45, 7) is 3.81. The predicted molar refractivity (Wildman–Crippen MR) is 238 cm³/mol. The zero-order valence-electron chi connectivity index (χ0n) is 37.9. The monoisotopic (exact) mass is 882 g/mol. The highest BCUT2D eigenvalue weighted by molar-refractivity contribution is 7.47. The number of phosphoric ester groups is 1. The maximum absolute atomic E-state index is 13.0. The van der Waals surface area contributed by atoms with E-state index in [1.807, 2.05) is 0 Å². The van der Waals surface area contributed by atoms with Gasteiger partial charge in [0.05, 0.1) is 31.3 Å². The molecule has 0 bridgehead atoms. The normalized spacial score (nSPS) is 23.3. The van der Waals surface area contributed by atoms with Crippen LogP contribution >= 0.6 is 7.82 Å². The zero-order chi connectivity index (χ0) is 44.4. The number of nitrogens with one attached hydrogen (secondary N) is 1. The minimum Gasteiger partial charge on any atom is -0.393 e. The lowest BCUT2D eigenvalue weighted by atomic mass is 9.85. The first kappa shape index (κ1) is 57.3. The third kappa shape index (κ3) is 28.2. The quantitative estimate of drug-likeness (QED) is 0.0208. The van der Waals surface area contributed by atoms with Crippen molar-refractivity contribution in [1.29, 1.82) is 0 Å². The van der Waals surface area contributed by atoms with Crippen LogP contribution in [0.1, 0.15) is 226 Å². The molecule has 0 aliphatic heterocycles. The van der Waals surface area contributed by atoms with E-state index in [0.717, 1.165) is 51.4 Å². The third-order valence-electron chi connectivity index (χ3n) is 12.2. The Balaban J connectivity index is 2.49. The van der Waals surface area contributed by atoms with E-state index < -0.39 is 75.2 Å². The summed E-state index contributed by atoms with van der Waals surface area (Å²) in [5.74, 6) is -0.556. The second-order valence-corrected chi connectivity index (χ2v) is 19.3. The van der Waals surface area contributed by atoms with Crippen molar-refractivity contribution in [2.45, 2.75) is 281 Å². The van der Waals surface area contributed by atoms with E-state index in [0.29, 0.717) is 12.8 Å². The van der Waals surface area contributed by atoms with E-state index in [2.05, 4.69) is 19.2 Å². The summed E-state index contributed by atoms with van der Waals surface area (Å²) in [5, 5.41) is 74.7. The average Bonchev–Trinajstić information content (AvgIpc) is 3.22. The molecule has 13 nitrogen and oxygen atoms in total. The van der Waals surface area contributed by atoms with Crippen LogP contribution in [0.3, 0.4) is 0 Å². The summed E-state index contributed by atoms with van der Waals surface area (Å²) in [6, 6.07) is -1.15. The first-order valence-electron chi connectivity index (χ1n) is 24.6.